The lowest BCUT2D eigenvalue weighted by Gasteiger charge is -2.25. The van der Waals surface area contributed by atoms with Crippen LogP contribution in [0, 0.1) is 5.82 Å². The molecule has 0 amide bonds. The minimum atomic E-state index is -0.218. The third-order valence-electron chi connectivity index (χ3n) is 2.95. The van der Waals surface area contributed by atoms with Gasteiger partial charge in [0.25, 0.3) is 0 Å². The Morgan fingerprint density at radius 2 is 2.10 bits per heavy atom. The Morgan fingerprint density at radius 1 is 1.30 bits per heavy atom. The Labute approximate surface area is 121 Å². The number of hydrazine groups is 1. The number of halogens is 1. The van der Waals surface area contributed by atoms with E-state index in [-0.39, 0.29) is 5.82 Å². The summed E-state index contributed by atoms with van der Waals surface area (Å²) in [6.45, 7) is 4.48. The van der Waals surface area contributed by atoms with Crippen LogP contribution in [0.1, 0.15) is 0 Å². The molecule has 2 aliphatic heterocycles. The average molecular weight is 287 g/mol. The Morgan fingerprint density at radius 3 is 2.85 bits per heavy atom. The second-order valence-electron chi connectivity index (χ2n) is 4.36. The van der Waals surface area contributed by atoms with Crippen LogP contribution in [0.5, 0.6) is 0 Å². The number of allylic oxidation sites excluding steroid dienone is 1. The van der Waals surface area contributed by atoms with E-state index >= 15 is 0 Å². The molecule has 2 heterocycles. The lowest BCUT2D eigenvalue weighted by atomic mass is 10.2. The molecule has 5 heteroatoms. The second kappa shape index (κ2) is 5.46. The molecule has 1 N–H and O–H groups in total. The summed E-state index contributed by atoms with van der Waals surface area (Å²) >= 11 is 1.54. The highest BCUT2D eigenvalue weighted by atomic mass is 32.2. The summed E-state index contributed by atoms with van der Waals surface area (Å²) in [5.74, 6) is -0.218. The summed E-state index contributed by atoms with van der Waals surface area (Å²) in [6.07, 6.45) is 9.89. The van der Waals surface area contributed by atoms with Crippen LogP contribution in [-0.4, -0.2) is 15.9 Å². The maximum Gasteiger partial charge on any atom is 0.123 e. The van der Waals surface area contributed by atoms with Crippen LogP contribution in [-0.2, 0) is 0 Å². The first-order chi connectivity index (χ1) is 9.76. The minimum Gasteiger partial charge on any atom is -0.305 e. The van der Waals surface area contributed by atoms with Crippen LogP contribution in [0.4, 0.5) is 4.39 Å². The lowest BCUT2D eigenvalue weighted by molar-refractivity contribution is 0.342. The summed E-state index contributed by atoms with van der Waals surface area (Å²) in [5, 5.41) is 2.02. The van der Waals surface area contributed by atoms with Crippen LogP contribution >= 0.6 is 11.9 Å². The van der Waals surface area contributed by atoms with E-state index in [1.165, 1.54) is 24.1 Å². The second-order valence-corrected chi connectivity index (χ2v) is 5.44. The van der Waals surface area contributed by atoms with Crippen LogP contribution in [0.25, 0.3) is 0 Å². The van der Waals surface area contributed by atoms with E-state index in [2.05, 4.69) is 12.0 Å². The molecule has 0 radical (unpaired) electrons. The fourth-order valence-electron chi connectivity index (χ4n) is 2.00. The molecular formula is C15H14FN3S. The van der Waals surface area contributed by atoms with Gasteiger partial charge in [0.2, 0.25) is 0 Å². The molecule has 20 heavy (non-hydrogen) atoms. The van der Waals surface area contributed by atoms with E-state index in [9.17, 15) is 4.39 Å². The zero-order chi connectivity index (χ0) is 13.9. The van der Waals surface area contributed by atoms with E-state index in [0.717, 1.165) is 22.7 Å². The molecule has 3 nitrogen and oxygen atoms in total. The van der Waals surface area contributed by atoms with Gasteiger partial charge in [-0.05, 0) is 42.3 Å². The van der Waals surface area contributed by atoms with Gasteiger partial charge in [0.05, 0.1) is 12.2 Å². The number of hydrogen-bond donors (Lipinski definition) is 1. The molecular weight excluding hydrogens is 273 g/mol. The Hall–Kier alpha value is -2.14. The molecule has 0 fully saturated rings. The Kier molecular flexibility index (Phi) is 3.52. The van der Waals surface area contributed by atoms with Crippen molar-refractivity contribution in [2.75, 3.05) is 6.54 Å². The summed E-state index contributed by atoms with van der Waals surface area (Å²) in [4.78, 5) is 0.988. The van der Waals surface area contributed by atoms with Gasteiger partial charge in [-0.3, -0.25) is 9.31 Å². The molecule has 0 saturated carbocycles. The monoisotopic (exact) mass is 287 g/mol. The molecule has 3 rings (SSSR count). The van der Waals surface area contributed by atoms with Gasteiger partial charge in [0.1, 0.15) is 5.82 Å². The highest BCUT2D eigenvalue weighted by Gasteiger charge is 2.21. The Balaban J connectivity index is 1.75. The summed E-state index contributed by atoms with van der Waals surface area (Å²) < 4.78 is 14.9. The molecule has 0 saturated heterocycles. The van der Waals surface area contributed by atoms with E-state index in [1.54, 1.807) is 12.1 Å². The van der Waals surface area contributed by atoms with Gasteiger partial charge < -0.3 is 5.43 Å². The molecule has 0 unspecified atom stereocenters. The summed E-state index contributed by atoms with van der Waals surface area (Å²) in [5.41, 5.74) is 5.43. The van der Waals surface area contributed by atoms with E-state index < -0.39 is 0 Å². The maximum absolute atomic E-state index is 12.9. The smallest absolute Gasteiger partial charge is 0.123 e. The zero-order valence-electron chi connectivity index (χ0n) is 10.8. The zero-order valence-corrected chi connectivity index (χ0v) is 11.6. The number of nitrogens with one attached hydrogen (secondary N) is 1. The van der Waals surface area contributed by atoms with Crippen LogP contribution in [0.2, 0.25) is 0 Å². The summed E-state index contributed by atoms with van der Waals surface area (Å²) in [7, 11) is 0. The molecule has 0 spiro atoms. The molecule has 0 aliphatic carbocycles. The van der Waals surface area contributed by atoms with Gasteiger partial charge >= 0.3 is 0 Å². The largest absolute Gasteiger partial charge is 0.305 e. The lowest BCUT2D eigenvalue weighted by Crippen LogP contribution is -2.30. The van der Waals surface area contributed by atoms with Crippen molar-refractivity contribution in [3.63, 3.8) is 0 Å². The predicted octanol–water partition coefficient (Wildman–Crippen LogP) is 3.39. The highest BCUT2D eigenvalue weighted by Crippen LogP contribution is 2.31. The van der Waals surface area contributed by atoms with Crippen molar-refractivity contribution in [3.8, 4) is 0 Å². The van der Waals surface area contributed by atoms with Crippen LogP contribution < -0.4 is 5.43 Å². The molecule has 102 valence electrons. The number of rotatable bonds is 4. The topological polar surface area (TPSA) is 18.5 Å². The van der Waals surface area contributed by atoms with Gasteiger partial charge in [-0.25, -0.2) is 4.39 Å². The molecule has 1 aromatic rings. The highest BCUT2D eigenvalue weighted by molar-refractivity contribution is 7.97. The maximum atomic E-state index is 12.9. The summed E-state index contributed by atoms with van der Waals surface area (Å²) in [6, 6.07) is 6.48. The van der Waals surface area contributed by atoms with Crippen molar-refractivity contribution in [3.05, 3.63) is 78.7 Å². The van der Waals surface area contributed by atoms with Crippen molar-refractivity contribution in [1.82, 2.24) is 14.7 Å². The molecule has 1 aromatic carbocycles. The van der Waals surface area contributed by atoms with Crippen molar-refractivity contribution < 1.29 is 4.39 Å². The van der Waals surface area contributed by atoms with Gasteiger partial charge in [0, 0.05) is 29.1 Å². The number of fused-ring (bicyclic) bond motifs is 1. The van der Waals surface area contributed by atoms with Gasteiger partial charge in [-0.2, -0.15) is 0 Å². The average Bonchev–Trinajstić information content (AvgIpc) is 2.85. The molecule has 0 bridgehead atoms. The quantitative estimate of drug-likeness (QED) is 0.675. The van der Waals surface area contributed by atoms with Gasteiger partial charge in [-0.15, -0.1) is 6.58 Å². The van der Waals surface area contributed by atoms with Crippen molar-refractivity contribution in [2.45, 2.75) is 4.90 Å². The first-order valence-corrected chi connectivity index (χ1v) is 7.00. The van der Waals surface area contributed by atoms with E-state index in [1.807, 2.05) is 40.1 Å². The fourth-order valence-corrected chi connectivity index (χ4v) is 2.77. The predicted molar refractivity (Wildman–Crippen MR) is 79.4 cm³/mol. The first-order valence-electron chi connectivity index (χ1n) is 6.23. The minimum absolute atomic E-state index is 0.218. The van der Waals surface area contributed by atoms with E-state index in [4.69, 9.17) is 0 Å². The number of benzene rings is 1. The van der Waals surface area contributed by atoms with Crippen molar-refractivity contribution in [2.24, 2.45) is 0 Å². The standard InChI is InChI=1S/C15H14FN3S/c1-2-8-19-15-11-18(9-7-12(15)10-17-19)20-14-5-3-13(16)4-6-14/h2-7,9-11,17H,1,8H2. The molecule has 0 atom stereocenters. The van der Waals surface area contributed by atoms with Crippen molar-refractivity contribution >= 4 is 11.9 Å². The third kappa shape index (κ3) is 2.58. The van der Waals surface area contributed by atoms with Crippen LogP contribution in [0.15, 0.2) is 77.8 Å². The van der Waals surface area contributed by atoms with E-state index in [0.29, 0.717) is 0 Å². The van der Waals surface area contributed by atoms with Gasteiger partial charge in [-0.1, -0.05) is 6.08 Å². The number of hydrogen-bond acceptors (Lipinski definition) is 4. The fraction of sp³-hybridized carbons (Fsp3) is 0.0667. The SMILES string of the molecule is C=CCN1NC=C2C=CN(Sc3ccc(F)cc3)C=C21. The van der Waals surface area contributed by atoms with Crippen molar-refractivity contribution in [1.29, 1.82) is 0 Å². The third-order valence-corrected chi connectivity index (χ3v) is 3.87. The normalized spacial score (nSPS) is 16.4. The molecule has 2 aliphatic rings. The molecule has 0 aromatic heterocycles. The Bertz CT molecular complexity index is 604. The first kappa shape index (κ1) is 12.9. The van der Waals surface area contributed by atoms with Gasteiger partial charge in [0.15, 0.2) is 0 Å². The number of nitrogens with zero attached hydrogens (tertiary/aromatic N) is 2. The van der Waals surface area contributed by atoms with Crippen LogP contribution in [0.3, 0.4) is 0 Å².